The molecule has 0 saturated carbocycles. The van der Waals surface area contributed by atoms with Crippen LogP contribution in [0.25, 0.3) is 0 Å². The highest BCUT2D eigenvalue weighted by Crippen LogP contribution is 2.04. The fourth-order valence-electron chi connectivity index (χ4n) is 1.87. The van der Waals surface area contributed by atoms with Gasteiger partial charge in [-0.25, -0.2) is 14.6 Å². The van der Waals surface area contributed by atoms with E-state index < -0.39 is 17.8 Å². The van der Waals surface area contributed by atoms with E-state index in [1.54, 1.807) is 4.90 Å². The van der Waals surface area contributed by atoms with E-state index >= 15 is 0 Å². The highest BCUT2D eigenvalue weighted by Gasteiger charge is 2.21. The van der Waals surface area contributed by atoms with Crippen molar-refractivity contribution >= 4 is 11.9 Å². The fourth-order valence-corrected chi connectivity index (χ4v) is 1.87. The van der Waals surface area contributed by atoms with Crippen LogP contribution in [-0.4, -0.2) is 42.6 Å². The lowest BCUT2D eigenvalue weighted by molar-refractivity contribution is -0.00390. The average molecular weight is 281 g/mol. The first-order valence-corrected chi connectivity index (χ1v) is 6.28. The van der Waals surface area contributed by atoms with Crippen molar-refractivity contribution in [2.45, 2.75) is 13.0 Å². The van der Waals surface area contributed by atoms with Gasteiger partial charge in [-0.2, -0.15) is 0 Å². The third-order valence-corrected chi connectivity index (χ3v) is 2.92. The quantitative estimate of drug-likeness (QED) is 0.751. The highest BCUT2D eigenvalue weighted by molar-refractivity contribution is 5.95. The largest absolute Gasteiger partial charge is 0.375 e. The first-order chi connectivity index (χ1) is 9.56. The van der Waals surface area contributed by atoms with Crippen LogP contribution in [0.5, 0.6) is 0 Å². The summed E-state index contributed by atoms with van der Waals surface area (Å²) in [6, 6.07) is 4.65. The standard InChI is InChI=1S/C13H16FN3O3/c1-9-8-17(6-7-20-9)13(19)16-15-12(18)10-2-4-11(14)5-3-10/h2-5,9H,6-8H2,1H3,(H,15,18)(H,16,19)/t9-/m1/s1. The second-order valence-electron chi connectivity index (χ2n) is 4.52. The van der Waals surface area contributed by atoms with Crippen LogP contribution in [0.1, 0.15) is 17.3 Å². The van der Waals surface area contributed by atoms with Gasteiger partial charge in [0.2, 0.25) is 0 Å². The fraction of sp³-hybridized carbons (Fsp3) is 0.385. The number of carbonyl (C=O) groups excluding carboxylic acids is 2. The van der Waals surface area contributed by atoms with Gasteiger partial charge in [0, 0.05) is 18.7 Å². The summed E-state index contributed by atoms with van der Waals surface area (Å²) in [6.07, 6.45) is -0.0256. The monoisotopic (exact) mass is 281 g/mol. The SMILES string of the molecule is C[C@@H]1CN(C(=O)NNC(=O)c2ccc(F)cc2)CCO1. The van der Waals surface area contributed by atoms with Crippen molar-refractivity contribution in [1.29, 1.82) is 0 Å². The number of halogens is 1. The van der Waals surface area contributed by atoms with Crippen molar-refractivity contribution in [3.05, 3.63) is 35.6 Å². The molecule has 6 nitrogen and oxygen atoms in total. The van der Waals surface area contributed by atoms with Crippen LogP contribution in [-0.2, 0) is 4.74 Å². The average Bonchev–Trinajstić information content (AvgIpc) is 2.45. The van der Waals surface area contributed by atoms with Crippen LogP contribution in [0.3, 0.4) is 0 Å². The summed E-state index contributed by atoms with van der Waals surface area (Å²) >= 11 is 0. The van der Waals surface area contributed by atoms with E-state index in [1.165, 1.54) is 24.3 Å². The van der Waals surface area contributed by atoms with Gasteiger partial charge >= 0.3 is 6.03 Å². The maximum absolute atomic E-state index is 12.7. The highest BCUT2D eigenvalue weighted by atomic mass is 19.1. The molecule has 0 spiro atoms. The maximum Gasteiger partial charge on any atom is 0.336 e. The number of hydrogen-bond acceptors (Lipinski definition) is 3. The Balaban J connectivity index is 1.83. The van der Waals surface area contributed by atoms with Crippen LogP contribution in [0, 0.1) is 5.82 Å². The number of hydrazine groups is 1. The van der Waals surface area contributed by atoms with E-state index in [1.807, 2.05) is 6.92 Å². The molecule has 1 aromatic rings. The van der Waals surface area contributed by atoms with E-state index in [4.69, 9.17) is 4.74 Å². The summed E-state index contributed by atoms with van der Waals surface area (Å²) in [7, 11) is 0. The lowest BCUT2D eigenvalue weighted by Crippen LogP contribution is -2.53. The van der Waals surface area contributed by atoms with Gasteiger partial charge < -0.3 is 9.64 Å². The first-order valence-electron chi connectivity index (χ1n) is 6.28. The summed E-state index contributed by atoms with van der Waals surface area (Å²) in [6.45, 7) is 3.29. The van der Waals surface area contributed by atoms with Gasteiger partial charge in [0.25, 0.3) is 5.91 Å². The number of hydrogen-bond donors (Lipinski definition) is 2. The van der Waals surface area contributed by atoms with Gasteiger partial charge in [-0.15, -0.1) is 0 Å². The third kappa shape index (κ3) is 3.67. The van der Waals surface area contributed by atoms with Crippen LogP contribution in [0.15, 0.2) is 24.3 Å². The molecule has 0 aliphatic carbocycles. The Bertz CT molecular complexity index is 492. The molecule has 0 aromatic heterocycles. The number of amides is 3. The number of morpholine rings is 1. The minimum atomic E-state index is -0.500. The molecule has 2 rings (SSSR count). The third-order valence-electron chi connectivity index (χ3n) is 2.92. The van der Waals surface area contributed by atoms with Gasteiger partial charge in [0.1, 0.15) is 5.82 Å². The topological polar surface area (TPSA) is 70.7 Å². The normalized spacial score (nSPS) is 18.5. The van der Waals surface area contributed by atoms with E-state index in [0.29, 0.717) is 19.7 Å². The molecule has 1 saturated heterocycles. The smallest absolute Gasteiger partial charge is 0.336 e. The van der Waals surface area contributed by atoms with Crippen LogP contribution < -0.4 is 10.9 Å². The molecule has 0 radical (unpaired) electrons. The Labute approximate surface area is 115 Å². The number of ether oxygens (including phenoxy) is 1. The molecule has 20 heavy (non-hydrogen) atoms. The molecule has 1 fully saturated rings. The van der Waals surface area contributed by atoms with E-state index in [2.05, 4.69) is 10.9 Å². The van der Waals surface area contributed by atoms with Gasteiger partial charge in [-0.05, 0) is 31.2 Å². The van der Waals surface area contributed by atoms with Crippen molar-refractivity contribution in [2.75, 3.05) is 19.7 Å². The molecule has 108 valence electrons. The van der Waals surface area contributed by atoms with Gasteiger partial charge in [-0.3, -0.25) is 10.2 Å². The summed E-state index contributed by atoms with van der Waals surface area (Å²) in [5, 5.41) is 0. The molecule has 1 atom stereocenters. The molecule has 3 amide bonds. The van der Waals surface area contributed by atoms with E-state index in [0.717, 1.165) is 0 Å². The Morgan fingerprint density at radius 1 is 1.30 bits per heavy atom. The molecule has 0 bridgehead atoms. The molecule has 7 heteroatoms. The molecule has 1 aliphatic rings. The number of nitrogens with one attached hydrogen (secondary N) is 2. The predicted octanol–water partition coefficient (Wildman–Crippen LogP) is 0.901. The Kier molecular flexibility index (Phi) is 4.52. The van der Waals surface area contributed by atoms with E-state index in [9.17, 15) is 14.0 Å². The summed E-state index contributed by atoms with van der Waals surface area (Å²) in [4.78, 5) is 25.1. The summed E-state index contributed by atoms with van der Waals surface area (Å²) < 4.78 is 18.0. The Morgan fingerprint density at radius 3 is 2.65 bits per heavy atom. The number of carbonyl (C=O) groups is 2. The molecule has 2 N–H and O–H groups in total. The molecule has 1 aromatic carbocycles. The molecular weight excluding hydrogens is 265 g/mol. The lowest BCUT2D eigenvalue weighted by Gasteiger charge is -2.31. The maximum atomic E-state index is 12.7. The Morgan fingerprint density at radius 2 is 2.00 bits per heavy atom. The van der Waals surface area contributed by atoms with Gasteiger partial charge in [0.15, 0.2) is 0 Å². The minimum absolute atomic E-state index is 0.0256. The predicted molar refractivity (Wildman–Crippen MR) is 69.4 cm³/mol. The molecule has 1 heterocycles. The molecule has 0 unspecified atom stereocenters. The zero-order valence-corrected chi connectivity index (χ0v) is 11.1. The van der Waals surface area contributed by atoms with Crippen molar-refractivity contribution in [1.82, 2.24) is 15.8 Å². The second-order valence-corrected chi connectivity index (χ2v) is 4.52. The van der Waals surface area contributed by atoms with Gasteiger partial charge in [-0.1, -0.05) is 0 Å². The number of benzene rings is 1. The number of rotatable bonds is 1. The van der Waals surface area contributed by atoms with Crippen LogP contribution in [0.2, 0.25) is 0 Å². The van der Waals surface area contributed by atoms with E-state index in [-0.39, 0.29) is 11.7 Å². The molecule has 1 aliphatic heterocycles. The first kappa shape index (κ1) is 14.3. The number of urea groups is 1. The van der Waals surface area contributed by atoms with Gasteiger partial charge in [0.05, 0.1) is 12.7 Å². The van der Waals surface area contributed by atoms with Crippen molar-refractivity contribution < 1.29 is 18.7 Å². The Hall–Kier alpha value is -2.15. The summed E-state index contributed by atoms with van der Waals surface area (Å²) in [5.74, 6) is -0.924. The van der Waals surface area contributed by atoms with Crippen molar-refractivity contribution in [3.8, 4) is 0 Å². The lowest BCUT2D eigenvalue weighted by atomic mass is 10.2. The zero-order chi connectivity index (χ0) is 14.5. The van der Waals surface area contributed by atoms with Crippen molar-refractivity contribution in [3.63, 3.8) is 0 Å². The second kappa shape index (κ2) is 6.33. The zero-order valence-electron chi connectivity index (χ0n) is 11.1. The van der Waals surface area contributed by atoms with Crippen molar-refractivity contribution in [2.24, 2.45) is 0 Å². The summed E-state index contributed by atoms with van der Waals surface area (Å²) in [5.41, 5.74) is 4.88. The minimum Gasteiger partial charge on any atom is -0.375 e. The van der Waals surface area contributed by atoms with Crippen LogP contribution in [0.4, 0.5) is 9.18 Å². The molecular formula is C13H16FN3O3. The van der Waals surface area contributed by atoms with Crippen LogP contribution >= 0.6 is 0 Å². The number of nitrogens with zero attached hydrogens (tertiary/aromatic N) is 1.